The van der Waals surface area contributed by atoms with E-state index < -0.39 is 6.17 Å². The number of amides is 1. The molecule has 2 aliphatic rings. The minimum absolute atomic E-state index is 0.272. The smallest absolute Gasteiger partial charge is 0.291 e. The number of ether oxygens (including phenoxy) is 1. The van der Waals surface area contributed by atoms with Crippen LogP contribution in [-0.2, 0) is 4.74 Å². The molecule has 2 fully saturated rings. The van der Waals surface area contributed by atoms with Gasteiger partial charge in [-0.2, -0.15) is 0 Å². The minimum atomic E-state index is -0.886. The van der Waals surface area contributed by atoms with Crippen LogP contribution in [0.4, 0.5) is 21.7 Å². The number of hydrogen-bond donors (Lipinski definition) is 1. The Morgan fingerprint density at radius 3 is 2.79 bits per heavy atom. The Balaban J connectivity index is 1.69. The van der Waals surface area contributed by atoms with Crippen LogP contribution in [0.15, 0.2) is 22.8 Å². The van der Waals surface area contributed by atoms with E-state index in [1.165, 1.54) is 6.26 Å². The second-order valence-corrected chi connectivity index (χ2v) is 7.67. The zero-order valence-corrected chi connectivity index (χ0v) is 16.9. The Labute approximate surface area is 169 Å². The molecule has 1 amide bonds. The molecule has 1 N–H and O–H groups in total. The topological polar surface area (TPSA) is 70.8 Å². The van der Waals surface area contributed by atoms with Crippen LogP contribution in [-0.4, -0.2) is 56.5 Å². The number of aryl methyl sites for hydroxylation is 2. The van der Waals surface area contributed by atoms with Gasteiger partial charge in [0.25, 0.3) is 5.91 Å². The molecule has 2 saturated heterocycles. The molecule has 8 heteroatoms. The summed E-state index contributed by atoms with van der Waals surface area (Å²) in [6, 6.07) is 3.72. The molecule has 4 rings (SSSR count). The van der Waals surface area contributed by atoms with Crippen LogP contribution < -0.4 is 15.1 Å². The highest BCUT2D eigenvalue weighted by atomic mass is 19.1. The van der Waals surface area contributed by atoms with E-state index in [1.807, 2.05) is 24.8 Å². The zero-order chi connectivity index (χ0) is 20.4. The molecule has 4 heterocycles. The molecular weight excluding hydrogens is 375 g/mol. The van der Waals surface area contributed by atoms with Crippen molar-refractivity contribution >= 4 is 23.2 Å². The van der Waals surface area contributed by atoms with E-state index in [0.717, 1.165) is 43.1 Å². The van der Waals surface area contributed by atoms with Crippen LogP contribution in [0.25, 0.3) is 0 Å². The van der Waals surface area contributed by atoms with E-state index in [9.17, 15) is 9.18 Å². The molecule has 7 nitrogen and oxygen atoms in total. The van der Waals surface area contributed by atoms with Crippen molar-refractivity contribution in [2.24, 2.45) is 0 Å². The summed E-state index contributed by atoms with van der Waals surface area (Å²) in [4.78, 5) is 21.7. The number of carbonyl (C=O) groups excluding carboxylic acids is 1. The summed E-state index contributed by atoms with van der Waals surface area (Å²) in [6.07, 6.45) is 2.01. The third-order valence-electron chi connectivity index (χ3n) is 5.47. The first-order chi connectivity index (χ1) is 14.0. The van der Waals surface area contributed by atoms with Gasteiger partial charge in [-0.25, -0.2) is 9.37 Å². The molecule has 156 valence electrons. The van der Waals surface area contributed by atoms with Gasteiger partial charge in [-0.1, -0.05) is 0 Å². The van der Waals surface area contributed by atoms with E-state index >= 15 is 0 Å². The number of nitrogens with one attached hydrogen (secondary N) is 1. The SMILES string of the molecule is Cc1ccoc1C(=O)Nc1c(C)cc(N2CCCOCC2)nc1N1CCC(F)C1. The van der Waals surface area contributed by atoms with Crippen molar-refractivity contribution in [2.45, 2.75) is 32.9 Å². The molecule has 0 saturated carbocycles. The van der Waals surface area contributed by atoms with Gasteiger partial charge in [0.1, 0.15) is 12.0 Å². The number of hydrogen-bond acceptors (Lipinski definition) is 6. The molecule has 29 heavy (non-hydrogen) atoms. The summed E-state index contributed by atoms with van der Waals surface area (Å²) in [6.45, 7) is 7.63. The monoisotopic (exact) mass is 402 g/mol. The Kier molecular flexibility index (Phi) is 5.71. The lowest BCUT2D eigenvalue weighted by Crippen LogP contribution is -2.29. The highest BCUT2D eigenvalue weighted by molar-refractivity contribution is 6.05. The van der Waals surface area contributed by atoms with E-state index in [0.29, 0.717) is 31.1 Å². The van der Waals surface area contributed by atoms with Crippen LogP contribution in [0, 0.1) is 13.8 Å². The van der Waals surface area contributed by atoms with Crippen LogP contribution >= 0.6 is 0 Å². The van der Waals surface area contributed by atoms with Gasteiger partial charge < -0.3 is 24.3 Å². The molecule has 2 aromatic rings. The lowest BCUT2D eigenvalue weighted by Gasteiger charge is -2.27. The molecule has 1 atom stereocenters. The van der Waals surface area contributed by atoms with Crippen molar-refractivity contribution in [3.05, 3.63) is 35.3 Å². The van der Waals surface area contributed by atoms with E-state index in [1.54, 1.807) is 6.07 Å². The normalized spacial score (nSPS) is 20.0. The van der Waals surface area contributed by atoms with Gasteiger partial charge in [-0.05, 0) is 44.4 Å². The van der Waals surface area contributed by atoms with Crippen molar-refractivity contribution in [1.29, 1.82) is 0 Å². The maximum Gasteiger partial charge on any atom is 0.291 e. The predicted octanol–water partition coefficient (Wildman–Crippen LogP) is 3.32. The number of aromatic nitrogens is 1. The van der Waals surface area contributed by atoms with Crippen molar-refractivity contribution in [1.82, 2.24) is 4.98 Å². The van der Waals surface area contributed by atoms with Crippen LogP contribution in [0.3, 0.4) is 0 Å². The first kappa shape index (κ1) is 19.7. The molecule has 1 unspecified atom stereocenters. The number of halogens is 1. The fourth-order valence-electron chi connectivity index (χ4n) is 3.84. The fourth-order valence-corrected chi connectivity index (χ4v) is 3.84. The molecule has 0 aromatic carbocycles. The highest BCUT2D eigenvalue weighted by Gasteiger charge is 2.28. The molecule has 2 aliphatic heterocycles. The molecule has 0 radical (unpaired) electrons. The second kappa shape index (κ2) is 8.41. The van der Waals surface area contributed by atoms with Crippen molar-refractivity contribution in [3.63, 3.8) is 0 Å². The Morgan fingerprint density at radius 1 is 1.21 bits per heavy atom. The Morgan fingerprint density at radius 2 is 2.07 bits per heavy atom. The van der Waals surface area contributed by atoms with Gasteiger partial charge in [0.05, 0.1) is 25.1 Å². The first-order valence-electron chi connectivity index (χ1n) is 10.1. The average Bonchev–Trinajstić information content (AvgIpc) is 3.22. The van der Waals surface area contributed by atoms with Gasteiger partial charge in [0.15, 0.2) is 11.6 Å². The molecular formula is C21H27FN4O3. The fraction of sp³-hybridized carbons (Fsp3) is 0.524. The largest absolute Gasteiger partial charge is 0.459 e. The number of anilines is 3. The number of alkyl halides is 1. The van der Waals surface area contributed by atoms with E-state index in [-0.39, 0.29) is 18.2 Å². The maximum absolute atomic E-state index is 13.9. The number of furan rings is 1. The predicted molar refractivity (Wildman–Crippen MR) is 110 cm³/mol. The molecule has 0 aliphatic carbocycles. The van der Waals surface area contributed by atoms with Gasteiger partial charge in [0.2, 0.25) is 0 Å². The molecule has 0 spiro atoms. The third kappa shape index (κ3) is 4.22. The van der Waals surface area contributed by atoms with E-state index in [2.05, 4.69) is 10.2 Å². The summed E-state index contributed by atoms with van der Waals surface area (Å²) in [7, 11) is 0. The third-order valence-corrected chi connectivity index (χ3v) is 5.47. The Hall–Kier alpha value is -2.61. The van der Waals surface area contributed by atoms with Gasteiger partial charge in [-0.15, -0.1) is 0 Å². The van der Waals surface area contributed by atoms with Crippen LogP contribution in [0.2, 0.25) is 0 Å². The maximum atomic E-state index is 13.9. The van der Waals surface area contributed by atoms with Crippen molar-refractivity contribution in [2.75, 3.05) is 54.5 Å². The lowest BCUT2D eigenvalue weighted by molar-refractivity contribution is 0.0995. The van der Waals surface area contributed by atoms with Gasteiger partial charge >= 0.3 is 0 Å². The van der Waals surface area contributed by atoms with Crippen LogP contribution in [0.5, 0.6) is 0 Å². The highest BCUT2D eigenvalue weighted by Crippen LogP contribution is 2.34. The summed E-state index contributed by atoms with van der Waals surface area (Å²) in [5.74, 6) is 1.39. The Bertz CT molecular complexity index is 877. The number of carbonyl (C=O) groups is 1. The molecule has 0 bridgehead atoms. The zero-order valence-electron chi connectivity index (χ0n) is 16.9. The van der Waals surface area contributed by atoms with Gasteiger partial charge in [-0.3, -0.25) is 4.79 Å². The average molecular weight is 402 g/mol. The minimum Gasteiger partial charge on any atom is -0.459 e. The summed E-state index contributed by atoms with van der Waals surface area (Å²) in [5.41, 5.74) is 2.26. The quantitative estimate of drug-likeness (QED) is 0.846. The summed E-state index contributed by atoms with van der Waals surface area (Å²) >= 11 is 0. The number of pyridine rings is 1. The lowest BCUT2D eigenvalue weighted by atomic mass is 10.2. The number of rotatable bonds is 4. The second-order valence-electron chi connectivity index (χ2n) is 7.67. The van der Waals surface area contributed by atoms with E-state index in [4.69, 9.17) is 14.1 Å². The standard InChI is InChI=1S/C21H27FN4O3/c1-14-5-10-29-19(14)21(27)24-18-15(2)12-17(25-6-3-9-28-11-8-25)23-20(18)26-7-4-16(22)13-26/h5,10,12,16H,3-4,6-9,11,13H2,1-2H3,(H,24,27). The van der Waals surface area contributed by atoms with Crippen molar-refractivity contribution < 1.29 is 18.3 Å². The van der Waals surface area contributed by atoms with Gasteiger partial charge in [0, 0.05) is 31.8 Å². The molecule has 2 aromatic heterocycles. The van der Waals surface area contributed by atoms with Crippen molar-refractivity contribution in [3.8, 4) is 0 Å². The van der Waals surface area contributed by atoms with Crippen LogP contribution in [0.1, 0.15) is 34.5 Å². The number of nitrogens with zero attached hydrogens (tertiary/aromatic N) is 3. The summed E-state index contributed by atoms with van der Waals surface area (Å²) < 4.78 is 24.8. The first-order valence-corrected chi connectivity index (χ1v) is 10.1. The summed E-state index contributed by atoms with van der Waals surface area (Å²) in [5, 5.41) is 2.95.